The number of urea groups is 1. The molecule has 1 aliphatic heterocycles. The van der Waals surface area contributed by atoms with Gasteiger partial charge in [-0.05, 0) is 22.0 Å². The van der Waals surface area contributed by atoms with Crippen molar-refractivity contribution in [1.29, 1.82) is 0 Å². The molecule has 1 fully saturated rings. The van der Waals surface area contributed by atoms with E-state index >= 15 is 0 Å². The van der Waals surface area contributed by atoms with Crippen LogP contribution in [0.5, 0.6) is 0 Å². The van der Waals surface area contributed by atoms with Gasteiger partial charge in [0, 0.05) is 19.2 Å². The van der Waals surface area contributed by atoms with Crippen LogP contribution in [0.1, 0.15) is 10.4 Å². The first-order valence-corrected chi connectivity index (χ1v) is 5.84. The summed E-state index contributed by atoms with van der Waals surface area (Å²) in [7, 11) is 0. The van der Waals surface area contributed by atoms with E-state index in [-0.39, 0.29) is 22.3 Å². The van der Waals surface area contributed by atoms with Gasteiger partial charge in [-0.25, -0.2) is 4.79 Å². The lowest BCUT2D eigenvalue weighted by atomic mass is 10.2. The van der Waals surface area contributed by atoms with Crippen LogP contribution in [-0.4, -0.2) is 34.9 Å². The van der Waals surface area contributed by atoms with Crippen molar-refractivity contribution in [3.8, 4) is 0 Å². The van der Waals surface area contributed by atoms with Crippen LogP contribution in [0.15, 0.2) is 22.7 Å². The zero-order valence-corrected chi connectivity index (χ0v) is 10.6. The molecule has 0 bridgehead atoms. The standard InChI is InChI=1S/C10H8BrN3O4/c11-8-6(2-1-3-7(8)14(17)18)9(15)13-5-4-12-10(13)16/h1-3H,4-5H2,(H,12,16). The van der Waals surface area contributed by atoms with Crippen LogP contribution in [0.25, 0.3) is 0 Å². The van der Waals surface area contributed by atoms with Crippen molar-refractivity contribution in [3.05, 3.63) is 38.3 Å². The number of nitro groups is 1. The van der Waals surface area contributed by atoms with Gasteiger partial charge in [0.15, 0.2) is 0 Å². The molecule has 1 N–H and O–H groups in total. The summed E-state index contributed by atoms with van der Waals surface area (Å²) in [5, 5.41) is 13.2. The first-order chi connectivity index (χ1) is 8.52. The Morgan fingerprint density at radius 1 is 1.50 bits per heavy atom. The molecule has 1 saturated heterocycles. The molecule has 1 aliphatic rings. The molecule has 0 saturated carbocycles. The lowest BCUT2D eigenvalue weighted by Crippen LogP contribution is -2.34. The molecule has 0 unspecified atom stereocenters. The predicted octanol–water partition coefficient (Wildman–Crippen LogP) is 1.52. The number of imide groups is 1. The number of halogens is 1. The Hall–Kier alpha value is -1.96. The number of nitrogens with one attached hydrogen (secondary N) is 1. The molecule has 94 valence electrons. The van der Waals surface area contributed by atoms with Crippen molar-refractivity contribution in [1.82, 2.24) is 10.2 Å². The Labute approximate surface area is 110 Å². The second-order valence-corrected chi connectivity index (χ2v) is 4.38. The average Bonchev–Trinajstić information content (AvgIpc) is 2.74. The highest BCUT2D eigenvalue weighted by Gasteiger charge is 2.30. The van der Waals surface area contributed by atoms with Crippen LogP contribution in [0.3, 0.4) is 0 Å². The first kappa shape index (κ1) is 12.5. The summed E-state index contributed by atoms with van der Waals surface area (Å²) in [4.78, 5) is 34.6. The molecule has 0 aromatic heterocycles. The minimum Gasteiger partial charge on any atom is -0.336 e. The van der Waals surface area contributed by atoms with Crippen molar-refractivity contribution in [3.63, 3.8) is 0 Å². The summed E-state index contributed by atoms with van der Waals surface area (Å²) in [6.45, 7) is 0.643. The van der Waals surface area contributed by atoms with Gasteiger partial charge in [0.2, 0.25) is 0 Å². The Balaban J connectivity index is 2.39. The van der Waals surface area contributed by atoms with Gasteiger partial charge < -0.3 is 5.32 Å². The Bertz CT molecular complexity index is 546. The predicted molar refractivity (Wildman–Crippen MR) is 65.2 cm³/mol. The number of carbonyl (C=O) groups is 2. The number of nitro benzene ring substituents is 1. The van der Waals surface area contributed by atoms with E-state index in [0.29, 0.717) is 6.54 Å². The molecule has 3 amide bonds. The molecule has 8 heteroatoms. The molecular formula is C10H8BrN3O4. The zero-order valence-electron chi connectivity index (χ0n) is 9.05. The van der Waals surface area contributed by atoms with E-state index in [9.17, 15) is 19.7 Å². The van der Waals surface area contributed by atoms with Crippen LogP contribution in [0.4, 0.5) is 10.5 Å². The molecule has 2 rings (SSSR count). The topological polar surface area (TPSA) is 92.6 Å². The number of nitrogens with zero attached hydrogens (tertiary/aromatic N) is 2. The fourth-order valence-corrected chi connectivity index (χ4v) is 2.22. The van der Waals surface area contributed by atoms with Crippen LogP contribution in [-0.2, 0) is 0 Å². The first-order valence-electron chi connectivity index (χ1n) is 5.05. The van der Waals surface area contributed by atoms with E-state index < -0.39 is 16.9 Å². The maximum absolute atomic E-state index is 12.1. The molecule has 1 aromatic carbocycles. The van der Waals surface area contributed by atoms with Gasteiger partial charge in [-0.2, -0.15) is 0 Å². The smallest absolute Gasteiger partial charge is 0.324 e. The molecule has 1 aromatic rings. The van der Waals surface area contributed by atoms with Gasteiger partial charge >= 0.3 is 6.03 Å². The van der Waals surface area contributed by atoms with Crippen LogP contribution < -0.4 is 5.32 Å². The normalized spacial score (nSPS) is 14.5. The van der Waals surface area contributed by atoms with Crippen LogP contribution >= 0.6 is 15.9 Å². The molecule has 7 nitrogen and oxygen atoms in total. The van der Waals surface area contributed by atoms with E-state index in [0.717, 1.165) is 4.90 Å². The van der Waals surface area contributed by atoms with E-state index in [1.54, 1.807) is 0 Å². The Morgan fingerprint density at radius 3 is 2.78 bits per heavy atom. The maximum atomic E-state index is 12.1. The molecule has 18 heavy (non-hydrogen) atoms. The molecule has 0 radical (unpaired) electrons. The summed E-state index contributed by atoms with van der Waals surface area (Å²) in [6.07, 6.45) is 0. The van der Waals surface area contributed by atoms with E-state index in [2.05, 4.69) is 21.2 Å². The second-order valence-electron chi connectivity index (χ2n) is 3.58. The summed E-state index contributed by atoms with van der Waals surface area (Å²) >= 11 is 3.03. The summed E-state index contributed by atoms with van der Waals surface area (Å²) in [5.74, 6) is -0.555. The summed E-state index contributed by atoms with van der Waals surface area (Å²) < 4.78 is 0.0831. The van der Waals surface area contributed by atoms with Gasteiger partial charge in [0.1, 0.15) is 4.47 Å². The van der Waals surface area contributed by atoms with Crippen molar-refractivity contribution in [2.24, 2.45) is 0 Å². The third-order valence-corrected chi connectivity index (χ3v) is 3.34. The third kappa shape index (κ3) is 2.06. The second kappa shape index (κ2) is 4.73. The number of carbonyl (C=O) groups excluding carboxylic acids is 2. The number of amides is 3. The highest BCUT2D eigenvalue weighted by atomic mass is 79.9. The van der Waals surface area contributed by atoms with Gasteiger partial charge in [-0.1, -0.05) is 6.07 Å². The fraction of sp³-hybridized carbons (Fsp3) is 0.200. The van der Waals surface area contributed by atoms with Gasteiger partial charge in [-0.3, -0.25) is 19.8 Å². The molecule has 0 atom stereocenters. The third-order valence-electron chi connectivity index (χ3n) is 2.51. The number of rotatable bonds is 2. The largest absolute Gasteiger partial charge is 0.336 e. The number of hydrogen-bond donors (Lipinski definition) is 1. The SMILES string of the molecule is O=C1NCCN1C(=O)c1cccc([N+](=O)[O-])c1Br. The molecule has 0 spiro atoms. The summed E-state index contributed by atoms with van der Waals surface area (Å²) in [6, 6.07) is 3.64. The highest BCUT2D eigenvalue weighted by Crippen LogP contribution is 2.29. The number of hydrogen-bond acceptors (Lipinski definition) is 4. The van der Waals surface area contributed by atoms with Crippen LogP contribution in [0.2, 0.25) is 0 Å². The van der Waals surface area contributed by atoms with Gasteiger partial charge in [0.05, 0.1) is 10.5 Å². The van der Waals surface area contributed by atoms with E-state index in [1.807, 2.05) is 0 Å². The zero-order chi connectivity index (χ0) is 13.3. The van der Waals surface area contributed by atoms with Gasteiger partial charge in [0.25, 0.3) is 11.6 Å². The monoisotopic (exact) mass is 313 g/mol. The van der Waals surface area contributed by atoms with E-state index in [1.165, 1.54) is 18.2 Å². The fourth-order valence-electron chi connectivity index (χ4n) is 1.64. The Morgan fingerprint density at radius 2 is 2.22 bits per heavy atom. The van der Waals surface area contributed by atoms with Crippen LogP contribution in [0, 0.1) is 10.1 Å². The van der Waals surface area contributed by atoms with Crippen molar-refractivity contribution in [2.45, 2.75) is 0 Å². The minimum absolute atomic E-state index is 0.0831. The molecule has 0 aliphatic carbocycles. The van der Waals surface area contributed by atoms with Crippen molar-refractivity contribution in [2.75, 3.05) is 13.1 Å². The maximum Gasteiger partial charge on any atom is 0.324 e. The minimum atomic E-state index is -0.592. The Kier molecular flexibility index (Phi) is 3.28. The van der Waals surface area contributed by atoms with Crippen molar-refractivity contribution >= 4 is 33.6 Å². The van der Waals surface area contributed by atoms with E-state index in [4.69, 9.17) is 0 Å². The lowest BCUT2D eigenvalue weighted by molar-refractivity contribution is -0.385. The molecule has 1 heterocycles. The summed E-state index contributed by atoms with van der Waals surface area (Å²) in [5.41, 5.74) is -0.110. The number of benzene rings is 1. The van der Waals surface area contributed by atoms with Gasteiger partial charge in [-0.15, -0.1) is 0 Å². The average molecular weight is 314 g/mol. The highest BCUT2D eigenvalue weighted by molar-refractivity contribution is 9.10. The quantitative estimate of drug-likeness (QED) is 0.661. The van der Waals surface area contributed by atoms with Crippen molar-refractivity contribution < 1.29 is 14.5 Å². The molecular weight excluding hydrogens is 306 g/mol. The lowest BCUT2D eigenvalue weighted by Gasteiger charge is -2.12.